The number of hydrogen-bond donors (Lipinski definition) is 0. The van der Waals surface area contributed by atoms with E-state index in [9.17, 15) is 4.79 Å². The minimum Gasteiger partial charge on any atom is -1.00 e. The Morgan fingerprint density at radius 2 is 1.84 bits per heavy atom. The Bertz CT molecular complexity index is 998. The molecule has 0 aliphatic rings. The van der Waals surface area contributed by atoms with Crippen molar-refractivity contribution in [1.29, 1.82) is 0 Å². The number of carbonyl (C=O) groups excluding carboxylic acids is 1. The molecule has 25 heavy (non-hydrogen) atoms. The fourth-order valence-electron chi connectivity index (χ4n) is 2.67. The van der Waals surface area contributed by atoms with Crippen molar-refractivity contribution in [2.45, 2.75) is 6.54 Å². The minimum absolute atomic E-state index is 0. The molecule has 0 N–H and O–H groups in total. The summed E-state index contributed by atoms with van der Waals surface area (Å²) in [4.78, 5) is 18.1. The summed E-state index contributed by atoms with van der Waals surface area (Å²) in [5, 5.41) is 4.25. The number of Topliss-reactive ketones (excluding diaryl/α,β-unsaturated/α-hetero) is 1. The summed E-state index contributed by atoms with van der Waals surface area (Å²) in [6.07, 6.45) is 3.62. The zero-order valence-corrected chi connectivity index (χ0v) is 15.7. The highest BCUT2D eigenvalue weighted by atomic mass is 79.9. The second-order valence-electron chi connectivity index (χ2n) is 5.58. The Kier molecular flexibility index (Phi) is 5.36. The van der Waals surface area contributed by atoms with Gasteiger partial charge in [0.15, 0.2) is 12.2 Å². The van der Waals surface area contributed by atoms with Gasteiger partial charge in [0.2, 0.25) is 5.78 Å². The molecule has 2 aromatic heterocycles. The third kappa shape index (κ3) is 3.83. The van der Waals surface area contributed by atoms with Gasteiger partial charge in [-0.2, -0.15) is 0 Å². The average molecular weight is 411 g/mol. The Hall–Kier alpha value is -2.37. The van der Waals surface area contributed by atoms with Crippen molar-refractivity contribution in [3.8, 4) is 10.6 Å². The molecule has 0 saturated heterocycles. The van der Waals surface area contributed by atoms with Crippen molar-refractivity contribution in [3.05, 3.63) is 84.1 Å². The van der Waals surface area contributed by atoms with Crippen LogP contribution in [0.2, 0.25) is 0 Å². The molecule has 0 atom stereocenters. The summed E-state index contributed by atoms with van der Waals surface area (Å²) in [6, 6.07) is 19.9. The molecular weight excluding hydrogens is 396 g/mol. The molecule has 3 nitrogen and oxygen atoms in total. The quantitative estimate of drug-likeness (QED) is 0.373. The monoisotopic (exact) mass is 410 g/mol. The van der Waals surface area contributed by atoms with E-state index in [0.29, 0.717) is 0 Å². The normalized spacial score (nSPS) is 10.4. The van der Waals surface area contributed by atoms with Crippen molar-refractivity contribution >= 4 is 27.9 Å². The van der Waals surface area contributed by atoms with Crippen LogP contribution in [0.25, 0.3) is 21.3 Å². The van der Waals surface area contributed by atoms with Crippen LogP contribution in [0.5, 0.6) is 0 Å². The Morgan fingerprint density at radius 3 is 2.56 bits per heavy atom. The van der Waals surface area contributed by atoms with Crippen LogP contribution in [0.3, 0.4) is 0 Å². The van der Waals surface area contributed by atoms with Gasteiger partial charge in [-0.15, -0.1) is 11.3 Å². The zero-order valence-electron chi connectivity index (χ0n) is 13.3. The first-order valence-electron chi connectivity index (χ1n) is 7.70. The molecule has 0 aliphatic heterocycles. The largest absolute Gasteiger partial charge is 1.00 e. The molecule has 5 heteroatoms. The lowest BCUT2D eigenvalue weighted by molar-refractivity contribution is -0.686. The van der Waals surface area contributed by atoms with Crippen molar-refractivity contribution < 1.29 is 26.3 Å². The highest BCUT2D eigenvalue weighted by Gasteiger charge is 2.12. The number of halogens is 1. The molecule has 4 rings (SSSR count). The minimum atomic E-state index is 0. The SMILES string of the molecule is O=C(C[n+]1ccc(-c2cccs2)nc1)c1ccc2ccccc2c1.[Br-]. The Labute approximate surface area is 160 Å². The summed E-state index contributed by atoms with van der Waals surface area (Å²) in [7, 11) is 0. The molecule has 0 saturated carbocycles. The first-order valence-corrected chi connectivity index (χ1v) is 8.58. The summed E-state index contributed by atoms with van der Waals surface area (Å²) in [5.74, 6) is 0.0800. The van der Waals surface area contributed by atoms with Crippen LogP contribution in [0.1, 0.15) is 10.4 Å². The fourth-order valence-corrected chi connectivity index (χ4v) is 3.37. The number of hydrogen-bond acceptors (Lipinski definition) is 3. The number of benzene rings is 2. The van der Waals surface area contributed by atoms with Crippen LogP contribution < -0.4 is 21.5 Å². The lowest BCUT2D eigenvalue weighted by Gasteiger charge is -2.03. The van der Waals surface area contributed by atoms with Crippen LogP contribution in [-0.4, -0.2) is 10.8 Å². The number of nitrogens with zero attached hydrogens (tertiary/aromatic N) is 2. The number of ketones is 1. The van der Waals surface area contributed by atoms with Gasteiger partial charge < -0.3 is 17.0 Å². The average Bonchev–Trinajstić information content (AvgIpc) is 3.16. The first kappa shape index (κ1) is 17.5. The van der Waals surface area contributed by atoms with Crippen LogP contribution in [0, 0.1) is 0 Å². The lowest BCUT2D eigenvalue weighted by atomic mass is 10.0. The smallest absolute Gasteiger partial charge is 0.287 e. The Balaban J connectivity index is 0.00000182. The molecule has 0 aliphatic carbocycles. The van der Waals surface area contributed by atoms with E-state index < -0.39 is 0 Å². The van der Waals surface area contributed by atoms with E-state index in [1.165, 1.54) is 0 Å². The van der Waals surface area contributed by atoms with Gasteiger partial charge in [-0.3, -0.25) is 4.79 Å². The second kappa shape index (κ2) is 7.68. The van der Waals surface area contributed by atoms with Crippen molar-refractivity contribution in [2.24, 2.45) is 0 Å². The molecule has 0 radical (unpaired) electrons. The van der Waals surface area contributed by atoms with Gasteiger partial charge in [-0.25, -0.2) is 4.57 Å². The Morgan fingerprint density at radius 1 is 1.00 bits per heavy atom. The van der Waals surface area contributed by atoms with Crippen LogP contribution in [-0.2, 0) is 6.54 Å². The van der Waals surface area contributed by atoms with Crippen molar-refractivity contribution in [1.82, 2.24) is 4.98 Å². The number of fused-ring (bicyclic) bond motifs is 1. The summed E-state index contributed by atoms with van der Waals surface area (Å²) < 4.78 is 1.81. The second-order valence-corrected chi connectivity index (χ2v) is 6.53. The van der Waals surface area contributed by atoms with E-state index in [2.05, 4.69) is 4.98 Å². The number of thiophene rings is 1. The fraction of sp³-hybridized carbons (Fsp3) is 0.0500. The molecule has 2 heterocycles. The molecule has 4 aromatic rings. The molecule has 0 spiro atoms. The highest BCUT2D eigenvalue weighted by molar-refractivity contribution is 7.13. The van der Waals surface area contributed by atoms with E-state index in [1.54, 1.807) is 17.7 Å². The summed E-state index contributed by atoms with van der Waals surface area (Å²) in [6.45, 7) is 0.288. The van der Waals surface area contributed by atoms with E-state index in [0.717, 1.165) is 26.9 Å². The third-order valence-corrected chi connectivity index (χ3v) is 4.83. The number of carbonyl (C=O) groups is 1. The maximum absolute atomic E-state index is 12.5. The predicted molar refractivity (Wildman–Crippen MR) is 96.0 cm³/mol. The van der Waals surface area contributed by atoms with E-state index in [4.69, 9.17) is 0 Å². The maximum atomic E-state index is 12.5. The van der Waals surface area contributed by atoms with E-state index >= 15 is 0 Å². The van der Waals surface area contributed by atoms with E-state index in [-0.39, 0.29) is 29.3 Å². The summed E-state index contributed by atoms with van der Waals surface area (Å²) >= 11 is 1.66. The molecule has 2 aromatic carbocycles. The molecule has 0 fully saturated rings. The van der Waals surface area contributed by atoms with Gasteiger partial charge >= 0.3 is 0 Å². The van der Waals surface area contributed by atoms with Crippen molar-refractivity contribution in [2.75, 3.05) is 0 Å². The molecular formula is C20H15BrN2OS. The number of rotatable bonds is 4. The van der Waals surface area contributed by atoms with Gasteiger partial charge in [-0.1, -0.05) is 42.5 Å². The standard InChI is InChI=1S/C20H15N2OS.BrH/c23-19(17-8-7-15-4-1-2-5-16(15)12-17)13-22-10-9-18(21-14-22)20-6-3-11-24-20;/h1-12,14H,13H2;1H/q+1;/p-1. The van der Waals surface area contributed by atoms with Gasteiger partial charge in [0.1, 0.15) is 0 Å². The number of aromatic nitrogens is 2. The van der Waals surface area contributed by atoms with Crippen LogP contribution >= 0.6 is 11.3 Å². The first-order chi connectivity index (χ1) is 11.8. The molecule has 0 bridgehead atoms. The molecule has 0 unspecified atom stereocenters. The summed E-state index contributed by atoms with van der Waals surface area (Å²) in [5.41, 5.74) is 1.66. The molecule has 124 valence electrons. The predicted octanol–water partition coefficient (Wildman–Crippen LogP) is 1.14. The van der Waals surface area contributed by atoms with E-state index in [1.807, 2.05) is 76.8 Å². The maximum Gasteiger partial charge on any atom is 0.287 e. The van der Waals surface area contributed by atoms with Gasteiger partial charge in [0.25, 0.3) is 6.33 Å². The topological polar surface area (TPSA) is 33.8 Å². The van der Waals surface area contributed by atoms with Crippen molar-refractivity contribution in [3.63, 3.8) is 0 Å². The third-order valence-electron chi connectivity index (χ3n) is 3.94. The van der Waals surface area contributed by atoms with Crippen LogP contribution in [0.15, 0.2) is 78.6 Å². The van der Waals surface area contributed by atoms with Gasteiger partial charge in [0, 0.05) is 11.6 Å². The van der Waals surface area contributed by atoms with Crippen LogP contribution in [0.4, 0.5) is 0 Å². The molecule has 0 amide bonds. The van der Waals surface area contributed by atoms with Gasteiger partial charge in [0.05, 0.1) is 11.1 Å². The zero-order chi connectivity index (χ0) is 16.4. The van der Waals surface area contributed by atoms with Gasteiger partial charge in [-0.05, 0) is 33.3 Å². The lowest BCUT2D eigenvalue weighted by Crippen LogP contribution is -3.00. The highest BCUT2D eigenvalue weighted by Crippen LogP contribution is 2.21.